The number of pyridine rings is 1. The Hall–Kier alpha value is -1.76. The average Bonchev–Trinajstić information content (AvgIpc) is 3.17. The first-order valence-electron chi connectivity index (χ1n) is 8.35. The fraction of sp³-hybridized carbons (Fsp3) is 0.444. The monoisotopic (exact) mass is 345 g/mol. The molecule has 24 heavy (non-hydrogen) atoms. The summed E-state index contributed by atoms with van der Waals surface area (Å²) in [7, 11) is 0. The zero-order valence-corrected chi connectivity index (χ0v) is 14.6. The lowest BCUT2D eigenvalue weighted by Gasteiger charge is -2.28. The highest BCUT2D eigenvalue weighted by Crippen LogP contribution is 2.15. The average molecular weight is 345 g/mol. The molecule has 3 heterocycles. The Morgan fingerprint density at radius 1 is 1.25 bits per heavy atom. The van der Waals surface area contributed by atoms with E-state index < -0.39 is 0 Å². The smallest absolute Gasteiger partial charge is 0.264 e. The third-order valence-electron chi connectivity index (χ3n) is 4.15. The van der Waals surface area contributed by atoms with E-state index in [9.17, 15) is 4.79 Å². The van der Waals surface area contributed by atoms with Crippen LogP contribution in [-0.4, -0.2) is 60.1 Å². The van der Waals surface area contributed by atoms with Crippen LogP contribution in [0.5, 0.6) is 0 Å². The first-order chi connectivity index (χ1) is 11.8. The first kappa shape index (κ1) is 17.1. The number of morpholine rings is 1. The fourth-order valence-electron chi connectivity index (χ4n) is 2.83. The number of nitrogens with zero attached hydrogens (tertiary/aromatic N) is 3. The van der Waals surface area contributed by atoms with E-state index in [1.807, 2.05) is 34.5 Å². The van der Waals surface area contributed by atoms with Crippen molar-refractivity contribution in [3.8, 4) is 0 Å². The van der Waals surface area contributed by atoms with Gasteiger partial charge in [-0.05, 0) is 35.6 Å². The van der Waals surface area contributed by atoms with Gasteiger partial charge >= 0.3 is 0 Å². The predicted molar refractivity (Wildman–Crippen MR) is 95.2 cm³/mol. The van der Waals surface area contributed by atoms with Gasteiger partial charge in [0.15, 0.2) is 0 Å². The van der Waals surface area contributed by atoms with E-state index in [2.05, 4.69) is 9.88 Å². The Labute approximate surface area is 146 Å². The summed E-state index contributed by atoms with van der Waals surface area (Å²) in [5.74, 6) is 0.115. The molecule has 3 rings (SSSR count). The molecular formula is C18H23N3O2S. The Bertz CT molecular complexity index is 612. The number of amides is 1. The summed E-state index contributed by atoms with van der Waals surface area (Å²) in [4.78, 5) is 22.0. The molecule has 6 heteroatoms. The second-order valence-electron chi connectivity index (χ2n) is 5.87. The topological polar surface area (TPSA) is 45.7 Å². The van der Waals surface area contributed by atoms with Gasteiger partial charge in [-0.2, -0.15) is 0 Å². The highest BCUT2D eigenvalue weighted by molar-refractivity contribution is 7.12. The van der Waals surface area contributed by atoms with Gasteiger partial charge in [-0.1, -0.05) is 6.07 Å². The lowest BCUT2D eigenvalue weighted by atomic mass is 10.2. The summed E-state index contributed by atoms with van der Waals surface area (Å²) in [5, 5.41) is 1.95. The zero-order chi connectivity index (χ0) is 16.6. The summed E-state index contributed by atoms with van der Waals surface area (Å²) in [6, 6.07) is 7.76. The normalized spacial score (nSPS) is 15.3. The third kappa shape index (κ3) is 4.87. The van der Waals surface area contributed by atoms with Crippen LogP contribution < -0.4 is 0 Å². The number of carbonyl (C=O) groups excluding carboxylic acids is 1. The molecule has 0 atom stereocenters. The van der Waals surface area contributed by atoms with Gasteiger partial charge < -0.3 is 9.64 Å². The third-order valence-corrected chi connectivity index (χ3v) is 5.01. The van der Waals surface area contributed by atoms with Gasteiger partial charge in [0.2, 0.25) is 0 Å². The second-order valence-corrected chi connectivity index (χ2v) is 6.81. The maximum atomic E-state index is 12.8. The van der Waals surface area contributed by atoms with Gasteiger partial charge in [0, 0.05) is 45.1 Å². The van der Waals surface area contributed by atoms with E-state index in [0.29, 0.717) is 6.54 Å². The number of aromatic nitrogens is 1. The van der Waals surface area contributed by atoms with Crippen molar-refractivity contribution in [1.29, 1.82) is 0 Å². The van der Waals surface area contributed by atoms with Gasteiger partial charge in [0.25, 0.3) is 5.91 Å². The molecule has 1 aliphatic heterocycles. The summed E-state index contributed by atoms with van der Waals surface area (Å²) in [6.07, 6.45) is 4.52. The van der Waals surface area contributed by atoms with Crippen LogP contribution in [0.15, 0.2) is 42.0 Å². The van der Waals surface area contributed by atoms with Crippen molar-refractivity contribution in [2.75, 3.05) is 39.4 Å². The van der Waals surface area contributed by atoms with Crippen molar-refractivity contribution >= 4 is 17.2 Å². The van der Waals surface area contributed by atoms with Crippen molar-refractivity contribution in [2.24, 2.45) is 0 Å². The molecule has 0 aliphatic carbocycles. The highest BCUT2D eigenvalue weighted by atomic mass is 32.1. The number of carbonyl (C=O) groups is 1. The number of hydrogen-bond acceptors (Lipinski definition) is 5. The van der Waals surface area contributed by atoms with Crippen LogP contribution in [0.3, 0.4) is 0 Å². The fourth-order valence-corrected chi connectivity index (χ4v) is 3.52. The lowest BCUT2D eigenvalue weighted by molar-refractivity contribution is 0.0356. The number of hydrogen-bond donors (Lipinski definition) is 0. The Morgan fingerprint density at radius 3 is 2.75 bits per heavy atom. The van der Waals surface area contributed by atoms with Crippen LogP contribution in [-0.2, 0) is 11.3 Å². The van der Waals surface area contributed by atoms with Crippen LogP contribution >= 0.6 is 11.3 Å². The molecule has 2 aromatic heterocycles. The molecule has 0 unspecified atom stereocenters. The number of rotatable bonds is 7. The highest BCUT2D eigenvalue weighted by Gasteiger charge is 2.18. The van der Waals surface area contributed by atoms with Gasteiger partial charge in [0.1, 0.15) is 0 Å². The van der Waals surface area contributed by atoms with Crippen molar-refractivity contribution < 1.29 is 9.53 Å². The quantitative estimate of drug-likeness (QED) is 0.773. The van der Waals surface area contributed by atoms with Crippen LogP contribution in [0.4, 0.5) is 0 Å². The van der Waals surface area contributed by atoms with Gasteiger partial charge in [-0.15, -0.1) is 11.3 Å². The van der Waals surface area contributed by atoms with Crippen molar-refractivity contribution in [2.45, 2.75) is 13.0 Å². The Kier molecular flexibility index (Phi) is 6.34. The molecule has 1 aliphatic rings. The van der Waals surface area contributed by atoms with E-state index in [1.54, 1.807) is 12.4 Å². The van der Waals surface area contributed by atoms with E-state index in [-0.39, 0.29) is 5.91 Å². The van der Waals surface area contributed by atoms with Gasteiger partial charge in [0.05, 0.1) is 18.1 Å². The minimum absolute atomic E-state index is 0.115. The summed E-state index contributed by atoms with van der Waals surface area (Å²) in [5.41, 5.74) is 1.11. The van der Waals surface area contributed by atoms with E-state index in [0.717, 1.165) is 56.3 Å². The van der Waals surface area contributed by atoms with Gasteiger partial charge in [-0.3, -0.25) is 14.7 Å². The summed E-state index contributed by atoms with van der Waals surface area (Å²) >= 11 is 1.50. The zero-order valence-electron chi connectivity index (χ0n) is 13.8. The molecule has 0 radical (unpaired) electrons. The van der Waals surface area contributed by atoms with Gasteiger partial charge in [-0.25, -0.2) is 0 Å². The number of thiophene rings is 1. The minimum Gasteiger partial charge on any atom is -0.379 e. The lowest BCUT2D eigenvalue weighted by Crippen LogP contribution is -2.39. The molecule has 1 amide bonds. The summed E-state index contributed by atoms with van der Waals surface area (Å²) in [6.45, 7) is 6.00. The molecule has 128 valence electrons. The van der Waals surface area contributed by atoms with Crippen molar-refractivity contribution in [3.63, 3.8) is 0 Å². The predicted octanol–water partition coefficient (Wildman–Crippen LogP) is 2.51. The molecular weight excluding hydrogens is 322 g/mol. The molecule has 0 N–H and O–H groups in total. The number of ether oxygens (including phenoxy) is 1. The molecule has 2 aromatic rings. The molecule has 5 nitrogen and oxygen atoms in total. The minimum atomic E-state index is 0.115. The Morgan fingerprint density at radius 2 is 2.04 bits per heavy atom. The molecule has 0 spiro atoms. The molecule has 0 bridgehead atoms. The first-order valence-corrected chi connectivity index (χ1v) is 9.23. The van der Waals surface area contributed by atoms with E-state index in [1.165, 1.54) is 11.3 Å². The SMILES string of the molecule is O=C(c1cccs1)N(CCCN1CCOCC1)Cc1ccncc1. The Balaban J connectivity index is 1.59. The van der Waals surface area contributed by atoms with Crippen molar-refractivity contribution in [3.05, 3.63) is 52.5 Å². The molecule has 1 saturated heterocycles. The van der Waals surface area contributed by atoms with E-state index in [4.69, 9.17) is 4.74 Å². The molecule has 1 fully saturated rings. The largest absolute Gasteiger partial charge is 0.379 e. The van der Waals surface area contributed by atoms with E-state index >= 15 is 0 Å². The van der Waals surface area contributed by atoms with Crippen molar-refractivity contribution in [1.82, 2.24) is 14.8 Å². The standard InChI is InChI=1S/C18H23N3O2S/c22-18(17-3-1-14-24-17)21(15-16-4-6-19-7-5-16)9-2-8-20-10-12-23-13-11-20/h1,3-7,14H,2,8-13,15H2. The molecule has 0 aromatic carbocycles. The summed E-state index contributed by atoms with van der Waals surface area (Å²) < 4.78 is 5.38. The second kappa shape index (κ2) is 8.92. The molecule has 0 saturated carbocycles. The van der Waals surface area contributed by atoms with Crippen LogP contribution in [0.2, 0.25) is 0 Å². The van der Waals surface area contributed by atoms with Crippen LogP contribution in [0.25, 0.3) is 0 Å². The maximum absolute atomic E-state index is 12.8. The van der Waals surface area contributed by atoms with Crippen LogP contribution in [0, 0.1) is 0 Å². The maximum Gasteiger partial charge on any atom is 0.264 e. The van der Waals surface area contributed by atoms with Crippen LogP contribution in [0.1, 0.15) is 21.7 Å².